The summed E-state index contributed by atoms with van der Waals surface area (Å²) in [4.78, 5) is 10.9. The van der Waals surface area contributed by atoms with E-state index in [2.05, 4.69) is 45.2 Å². The summed E-state index contributed by atoms with van der Waals surface area (Å²) in [6.45, 7) is 0. The number of aromatic hydroxyl groups is 1. The number of aliphatic carboxylic acids is 1. The molecule has 0 fully saturated rings. The van der Waals surface area contributed by atoms with Crippen molar-refractivity contribution in [3.63, 3.8) is 0 Å². The van der Waals surface area contributed by atoms with Crippen molar-refractivity contribution < 1.29 is 19.7 Å². The Bertz CT molecular complexity index is 728. The number of nitrogens with two attached hydrogens (primary N) is 1. The van der Waals surface area contributed by atoms with Gasteiger partial charge in [-0.1, -0.05) is 0 Å². The van der Waals surface area contributed by atoms with Gasteiger partial charge in [-0.05, 0) is 104 Å². The van der Waals surface area contributed by atoms with Crippen LogP contribution in [0.3, 0.4) is 0 Å². The van der Waals surface area contributed by atoms with Crippen LogP contribution in [-0.2, 0) is 11.2 Å². The summed E-state index contributed by atoms with van der Waals surface area (Å²) in [5, 5.41) is 18.5. The van der Waals surface area contributed by atoms with Crippen LogP contribution in [0.15, 0.2) is 30.3 Å². The highest BCUT2D eigenvalue weighted by atomic mass is 127. The van der Waals surface area contributed by atoms with Gasteiger partial charge in [0.05, 0.1) is 3.57 Å². The lowest BCUT2D eigenvalue weighted by atomic mass is 10.1. The van der Waals surface area contributed by atoms with E-state index in [1.165, 1.54) is 0 Å². The van der Waals surface area contributed by atoms with E-state index in [-0.39, 0.29) is 12.2 Å². The van der Waals surface area contributed by atoms with Crippen LogP contribution in [0.4, 0.5) is 0 Å². The lowest BCUT2D eigenvalue weighted by Gasteiger charge is -2.14. The molecule has 0 bridgehead atoms. The number of phenols is 1. The van der Waals surface area contributed by atoms with Gasteiger partial charge < -0.3 is 20.7 Å². The summed E-state index contributed by atoms with van der Waals surface area (Å²) >= 11 is 6.32. The number of rotatable bonds is 5. The molecule has 122 valence electrons. The number of ether oxygens (including phenoxy) is 1. The second-order valence-corrected chi connectivity index (χ2v) is 8.22. The van der Waals surface area contributed by atoms with E-state index in [4.69, 9.17) is 15.6 Å². The minimum atomic E-state index is -1.02. The Morgan fingerprint density at radius 1 is 1.09 bits per heavy atom. The van der Waals surface area contributed by atoms with Gasteiger partial charge in [-0.25, -0.2) is 0 Å². The smallest absolute Gasteiger partial charge is 0.320 e. The lowest BCUT2D eigenvalue weighted by molar-refractivity contribution is -0.138. The largest absolute Gasteiger partial charge is 0.507 e. The van der Waals surface area contributed by atoms with Crippen LogP contribution in [0, 0.1) is 10.7 Å². The van der Waals surface area contributed by atoms with Crippen molar-refractivity contribution in [2.24, 2.45) is 5.73 Å². The van der Waals surface area contributed by atoms with Gasteiger partial charge in [0.2, 0.25) is 0 Å². The van der Waals surface area contributed by atoms with Crippen LogP contribution in [0.1, 0.15) is 5.56 Å². The number of benzene rings is 2. The van der Waals surface area contributed by atoms with Crippen molar-refractivity contribution in [2.45, 2.75) is 12.5 Å². The zero-order chi connectivity index (χ0) is 17.1. The Morgan fingerprint density at radius 2 is 1.65 bits per heavy atom. The van der Waals surface area contributed by atoms with E-state index in [0.717, 1.165) is 12.7 Å². The van der Waals surface area contributed by atoms with Gasteiger partial charge >= 0.3 is 5.97 Å². The SMILES string of the molecule is N[C@H](Cc1c(I)cc(Oc2ccc(O)c(I)c2)cc1I)C(=O)O. The predicted octanol–water partition coefficient (Wildman–Crippen LogP) is 3.95. The van der Waals surface area contributed by atoms with Gasteiger partial charge in [0, 0.05) is 13.6 Å². The molecule has 0 heterocycles. The van der Waals surface area contributed by atoms with Gasteiger partial charge in [-0.3, -0.25) is 4.79 Å². The van der Waals surface area contributed by atoms with Crippen LogP contribution >= 0.6 is 67.8 Å². The third-order valence-electron chi connectivity index (χ3n) is 3.01. The van der Waals surface area contributed by atoms with Crippen LogP contribution < -0.4 is 10.5 Å². The zero-order valence-corrected chi connectivity index (χ0v) is 18.1. The highest BCUT2D eigenvalue weighted by molar-refractivity contribution is 14.1. The molecule has 5 nitrogen and oxygen atoms in total. The van der Waals surface area contributed by atoms with Gasteiger partial charge in [-0.2, -0.15) is 0 Å². The van der Waals surface area contributed by atoms with Crippen molar-refractivity contribution in [3.8, 4) is 17.2 Å². The molecule has 23 heavy (non-hydrogen) atoms. The Labute approximate surface area is 174 Å². The van der Waals surface area contributed by atoms with E-state index in [1.54, 1.807) is 18.2 Å². The molecule has 0 spiro atoms. The molecule has 2 rings (SSSR count). The molecule has 1 atom stereocenters. The Morgan fingerprint density at radius 3 is 2.17 bits per heavy atom. The fourth-order valence-corrected chi connectivity index (χ4v) is 4.47. The van der Waals surface area contributed by atoms with E-state index in [1.807, 2.05) is 34.7 Å². The number of carboxylic acids is 1. The van der Waals surface area contributed by atoms with Gasteiger partial charge in [0.1, 0.15) is 23.3 Å². The Kier molecular flexibility index (Phi) is 6.74. The van der Waals surface area contributed by atoms with Crippen LogP contribution in [0.25, 0.3) is 0 Å². The first-order chi connectivity index (χ1) is 10.8. The minimum Gasteiger partial charge on any atom is -0.507 e. The number of carbonyl (C=O) groups is 1. The number of carboxylic acid groups (broad SMARTS) is 1. The quantitative estimate of drug-likeness (QED) is 0.427. The fraction of sp³-hybridized carbons (Fsp3) is 0.133. The van der Waals surface area contributed by atoms with Crippen molar-refractivity contribution in [3.05, 3.63) is 46.6 Å². The molecule has 0 radical (unpaired) electrons. The highest BCUT2D eigenvalue weighted by Crippen LogP contribution is 2.32. The topological polar surface area (TPSA) is 92.8 Å². The normalized spacial score (nSPS) is 12.0. The molecule has 4 N–H and O–H groups in total. The van der Waals surface area contributed by atoms with Crippen molar-refractivity contribution in [1.82, 2.24) is 0 Å². The van der Waals surface area contributed by atoms with Gasteiger partial charge in [0.15, 0.2) is 0 Å². The Hall–Kier alpha value is -0.340. The molecule has 0 aliphatic heterocycles. The predicted molar refractivity (Wildman–Crippen MR) is 112 cm³/mol. The fourth-order valence-electron chi connectivity index (χ4n) is 1.83. The summed E-state index contributed by atoms with van der Waals surface area (Å²) in [7, 11) is 0. The highest BCUT2D eigenvalue weighted by Gasteiger charge is 2.17. The van der Waals surface area contributed by atoms with Gasteiger partial charge in [0.25, 0.3) is 0 Å². The molecule has 0 amide bonds. The first-order valence-corrected chi connectivity index (χ1v) is 9.64. The van der Waals surface area contributed by atoms with Crippen LogP contribution in [0.2, 0.25) is 0 Å². The second kappa shape index (κ2) is 8.16. The van der Waals surface area contributed by atoms with Crippen molar-refractivity contribution in [2.75, 3.05) is 0 Å². The summed E-state index contributed by atoms with van der Waals surface area (Å²) in [6, 6.07) is 7.75. The maximum atomic E-state index is 10.9. The monoisotopic (exact) mass is 651 g/mol. The zero-order valence-electron chi connectivity index (χ0n) is 11.6. The number of halogens is 3. The van der Waals surface area contributed by atoms with Gasteiger partial charge in [-0.15, -0.1) is 0 Å². The van der Waals surface area contributed by atoms with Crippen molar-refractivity contribution >= 4 is 73.7 Å². The summed E-state index contributed by atoms with van der Waals surface area (Å²) in [5.74, 6) is 0.456. The van der Waals surface area contributed by atoms with E-state index < -0.39 is 12.0 Å². The average Bonchev–Trinajstić information content (AvgIpc) is 2.46. The molecular weight excluding hydrogens is 639 g/mol. The number of hydrogen-bond acceptors (Lipinski definition) is 4. The lowest BCUT2D eigenvalue weighted by Crippen LogP contribution is -2.32. The first-order valence-electron chi connectivity index (χ1n) is 6.40. The van der Waals surface area contributed by atoms with Crippen LogP contribution in [-0.4, -0.2) is 22.2 Å². The summed E-state index contributed by atoms with van der Waals surface area (Å²) in [6.07, 6.45) is 0.267. The molecule has 0 aliphatic carbocycles. The number of phenolic OH excluding ortho intramolecular Hbond substituents is 1. The van der Waals surface area contributed by atoms with Crippen LogP contribution in [0.5, 0.6) is 17.2 Å². The molecule has 0 aromatic heterocycles. The maximum absolute atomic E-state index is 10.9. The number of hydrogen-bond donors (Lipinski definition) is 3. The van der Waals surface area contributed by atoms with E-state index in [0.29, 0.717) is 15.1 Å². The second-order valence-electron chi connectivity index (χ2n) is 4.73. The molecular formula is C15H12I3NO4. The third kappa shape index (κ3) is 5.06. The standard InChI is InChI=1S/C15H12I3NO4/c16-10-4-8(23-7-1-2-14(20)12(18)3-7)5-11(17)9(10)6-13(19)15(21)22/h1-5,13,20H,6,19H2,(H,21,22)/t13-/m1/s1. The molecule has 0 saturated carbocycles. The molecule has 0 unspecified atom stereocenters. The molecule has 8 heteroatoms. The Balaban J connectivity index is 2.25. The summed E-state index contributed by atoms with van der Waals surface area (Å²) in [5.41, 5.74) is 6.51. The molecule has 0 aliphatic rings. The molecule has 0 saturated heterocycles. The maximum Gasteiger partial charge on any atom is 0.320 e. The van der Waals surface area contributed by atoms with Crippen molar-refractivity contribution in [1.29, 1.82) is 0 Å². The molecule has 2 aromatic rings. The summed E-state index contributed by atoms with van der Waals surface area (Å²) < 4.78 is 8.31. The van der Waals surface area contributed by atoms with E-state index in [9.17, 15) is 9.90 Å². The minimum absolute atomic E-state index is 0.208. The van der Waals surface area contributed by atoms with E-state index >= 15 is 0 Å². The third-order valence-corrected chi connectivity index (χ3v) is 5.80. The molecule has 2 aromatic carbocycles. The first kappa shape index (κ1) is 19.0. The average molecular weight is 651 g/mol.